The van der Waals surface area contributed by atoms with E-state index < -0.39 is 0 Å². The lowest BCUT2D eigenvalue weighted by Gasteiger charge is -2.33. The first-order chi connectivity index (χ1) is 7.59. The molecule has 2 rings (SSSR count). The quantitative estimate of drug-likeness (QED) is 0.744. The third-order valence-electron chi connectivity index (χ3n) is 3.14. The van der Waals surface area contributed by atoms with Gasteiger partial charge in [0.05, 0.1) is 6.26 Å². The predicted molar refractivity (Wildman–Crippen MR) is 65.8 cm³/mol. The Morgan fingerprint density at radius 2 is 2.38 bits per heavy atom. The summed E-state index contributed by atoms with van der Waals surface area (Å²) in [7, 11) is 0. The van der Waals surface area contributed by atoms with E-state index in [0.29, 0.717) is 16.5 Å². The maximum absolute atomic E-state index is 12.2. The van der Waals surface area contributed by atoms with E-state index in [9.17, 15) is 4.79 Å². The molecule has 1 amide bonds. The van der Waals surface area contributed by atoms with Crippen molar-refractivity contribution < 1.29 is 9.21 Å². The predicted octanol–water partition coefficient (Wildman–Crippen LogP) is 2.83. The SMILES string of the molecule is Cc1ccoc1C(=O)N1CCC(Br)C(C)C1. The molecular formula is C12H16BrNO2. The molecule has 0 bridgehead atoms. The number of furan rings is 1. The number of carbonyl (C=O) groups is 1. The Morgan fingerprint density at radius 3 is 2.94 bits per heavy atom. The van der Waals surface area contributed by atoms with Crippen LogP contribution < -0.4 is 0 Å². The molecule has 2 heterocycles. The molecule has 3 nitrogen and oxygen atoms in total. The van der Waals surface area contributed by atoms with E-state index in [1.807, 2.05) is 17.9 Å². The van der Waals surface area contributed by atoms with Crippen LogP contribution in [-0.4, -0.2) is 28.7 Å². The maximum Gasteiger partial charge on any atom is 0.289 e. The number of aryl methyl sites for hydroxylation is 1. The zero-order valence-electron chi connectivity index (χ0n) is 9.57. The highest BCUT2D eigenvalue weighted by Gasteiger charge is 2.29. The van der Waals surface area contributed by atoms with Crippen LogP contribution in [0.4, 0.5) is 0 Å². The lowest BCUT2D eigenvalue weighted by atomic mass is 10.00. The molecule has 1 aliphatic rings. The van der Waals surface area contributed by atoms with Crippen molar-refractivity contribution in [3.8, 4) is 0 Å². The van der Waals surface area contributed by atoms with Crippen LogP contribution in [0.5, 0.6) is 0 Å². The van der Waals surface area contributed by atoms with Crippen LogP contribution in [0.2, 0.25) is 0 Å². The zero-order valence-corrected chi connectivity index (χ0v) is 11.2. The second kappa shape index (κ2) is 4.62. The van der Waals surface area contributed by atoms with E-state index in [2.05, 4.69) is 22.9 Å². The standard InChI is InChI=1S/C12H16BrNO2/c1-8-4-6-16-11(8)12(15)14-5-3-10(13)9(2)7-14/h4,6,9-10H,3,5,7H2,1-2H3. The smallest absolute Gasteiger partial charge is 0.289 e. The molecule has 0 spiro atoms. The Kier molecular flexibility index (Phi) is 3.38. The van der Waals surface area contributed by atoms with Crippen LogP contribution in [0.3, 0.4) is 0 Å². The summed E-state index contributed by atoms with van der Waals surface area (Å²) in [6.07, 6.45) is 2.58. The molecule has 1 fully saturated rings. The van der Waals surface area contributed by atoms with E-state index in [0.717, 1.165) is 25.1 Å². The average molecular weight is 286 g/mol. The summed E-state index contributed by atoms with van der Waals surface area (Å²) in [6.45, 7) is 5.67. The zero-order chi connectivity index (χ0) is 11.7. The Hall–Kier alpha value is -0.770. The molecule has 1 aliphatic heterocycles. The van der Waals surface area contributed by atoms with E-state index in [-0.39, 0.29) is 5.91 Å². The fourth-order valence-corrected chi connectivity index (χ4v) is 2.41. The molecule has 4 heteroatoms. The molecule has 0 saturated carbocycles. The monoisotopic (exact) mass is 285 g/mol. The van der Waals surface area contributed by atoms with Crippen LogP contribution in [0.1, 0.15) is 29.5 Å². The third-order valence-corrected chi connectivity index (χ3v) is 4.50. The number of nitrogens with zero attached hydrogens (tertiary/aromatic N) is 1. The number of piperidine rings is 1. The molecular weight excluding hydrogens is 270 g/mol. The first-order valence-corrected chi connectivity index (χ1v) is 6.48. The van der Waals surface area contributed by atoms with Crippen LogP contribution >= 0.6 is 15.9 Å². The Bertz CT molecular complexity index is 388. The molecule has 0 N–H and O–H groups in total. The third kappa shape index (κ3) is 2.17. The molecule has 16 heavy (non-hydrogen) atoms. The molecule has 2 atom stereocenters. The lowest BCUT2D eigenvalue weighted by Crippen LogP contribution is -2.43. The number of rotatable bonds is 1. The van der Waals surface area contributed by atoms with Gasteiger partial charge in [0, 0.05) is 23.5 Å². The normalized spacial score (nSPS) is 25.8. The fourth-order valence-electron chi connectivity index (χ4n) is 2.04. The van der Waals surface area contributed by atoms with Gasteiger partial charge in [-0.3, -0.25) is 4.79 Å². The van der Waals surface area contributed by atoms with Gasteiger partial charge in [-0.15, -0.1) is 0 Å². The fraction of sp³-hybridized carbons (Fsp3) is 0.583. The van der Waals surface area contributed by atoms with Crippen LogP contribution in [-0.2, 0) is 0 Å². The summed E-state index contributed by atoms with van der Waals surface area (Å²) in [5, 5.41) is 0. The molecule has 1 saturated heterocycles. The van der Waals surface area contributed by atoms with Crippen LogP contribution in [0.15, 0.2) is 16.7 Å². The van der Waals surface area contributed by atoms with Gasteiger partial charge >= 0.3 is 0 Å². The number of hydrogen-bond donors (Lipinski definition) is 0. The number of likely N-dealkylation sites (tertiary alicyclic amines) is 1. The molecule has 0 aliphatic carbocycles. The van der Waals surface area contributed by atoms with Gasteiger partial charge in [-0.1, -0.05) is 22.9 Å². The number of amides is 1. The van der Waals surface area contributed by atoms with Crippen LogP contribution in [0.25, 0.3) is 0 Å². The van der Waals surface area contributed by atoms with Gasteiger partial charge in [0.1, 0.15) is 0 Å². The minimum atomic E-state index is 0.0220. The van der Waals surface area contributed by atoms with Gasteiger partial charge in [-0.05, 0) is 25.3 Å². The molecule has 1 aromatic rings. The Morgan fingerprint density at radius 1 is 1.62 bits per heavy atom. The molecule has 2 unspecified atom stereocenters. The van der Waals surface area contributed by atoms with Crippen molar-refractivity contribution >= 4 is 21.8 Å². The second-order valence-corrected chi connectivity index (χ2v) is 5.64. The number of alkyl halides is 1. The van der Waals surface area contributed by atoms with Crippen molar-refractivity contribution in [1.29, 1.82) is 0 Å². The van der Waals surface area contributed by atoms with E-state index in [4.69, 9.17) is 4.42 Å². The van der Waals surface area contributed by atoms with Crippen molar-refractivity contribution in [2.45, 2.75) is 25.1 Å². The second-order valence-electron chi connectivity index (χ2n) is 4.47. The summed E-state index contributed by atoms with van der Waals surface area (Å²) >= 11 is 3.63. The summed E-state index contributed by atoms with van der Waals surface area (Å²) < 4.78 is 5.24. The van der Waals surface area contributed by atoms with Crippen molar-refractivity contribution in [2.24, 2.45) is 5.92 Å². The van der Waals surface area contributed by atoms with Crippen LogP contribution in [0, 0.1) is 12.8 Å². The van der Waals surface area contributed by atoms with Crippen molar-refractivity contribution in [2.75, 3.05) is 13.1 Å². The first kappa shape index (κ1) is 11.7. The van der Waals surface area contributed by atoms with E-state index in [1.54, 1.807) is 6.26 Å². The van der Waals surface area contributed by atoms with Gasteiger partial charge in [-0.25, -0.2) is 0 Å². The van der Waals surface area contributed by atoms with Gasteiger partial charge in [-0.2, -0.15) is 0 Å². The maximum atomic E-state index is 12.2. The minimum Gasteiger partial charge on any atom is -0.459 e. The van der Waals surface area contributed by atoms with E-state index in [1.165, 1.54) is 0 Å². The lowest BCUT2D eigenvalue weighted by molar-refractivity contribution is 0.0657. The van der Waals surface area contributed by atoms with Gasteiger partial charge < -0.3 is 9.32 Å². The Balaban J connectivity index is 2.09. The molecule has 88 valence electrons. The highest BCUT2D eigenvalue weighted by molar-refractivity contribution is 9.09. The largest absolute Gasteiger partial charge is 0.459 e. The highest BCUT2D eigenvalue weighted by atomic mass is 79.9. The van der Waals surface area contributed by atoms with Crippen molar-refractivity contribution in [1.82, 2.24) is 4.90 Å². The van der Waals surface area contributed by atoms with Crippen molar-refractivity contribution in [3.05, 3.63) is 23.7 Å². The molecule has 0 radical (unpaired) electrons. The van der Waals surface area contributed by atoms with Gasteiger partial charge in [0.2, 0.25) is 0 Å². The number of carbonyl (C=O) groups excluding carboxylic acids is 1. The van der Waals surface area contributed by atoms with E-state index >= 15 is 0 Å². The Labute approximate surface area is 104 Å². The summed E-state index contributed by atoms with van der Waals surface area (Å²) in [4.78, 5) is 14.6. The van der Waals surface area contributed by atoms with Crippen molar-refractivity contribution in [3.63, 3.8) is 0 Å². The highest BCUT2D eigenvalue weighted by Crippen LogP contribution is 2.25. The van der Waals surface area contributed by atoms with Gasteiger partial charge in [0.25, 0.3) is 5.91 Å². The summed E-state index contributed by atoms with van der Waals surface area (Å²) in [6, 6.07) is 1.83. The summed E-state index contributed by atoms with van der Waals surface area (Å²) in [5.74, 6) is 1.00. The molecule has 0 aromatic carbocycles. The average Bonchev–Trinajstić information content (AvgIpc) is 2.67. The van der Waals surface area contributed by atoms with Gasteiger partial charge in [0.15, 0.2) is 5.76 Å². The minimum absolute atomic E-state index is 0.0220. The topological polar surface area (TPSA) is 33.5 Å². The number of halogens is 1. The summed E-state index contributed by atoms with van der Waals surface area (Å²) in [5.41, 5.74) is 0.915. The number of hydrogen-bond acceptors (Lipinski definition) is 2. The first-order valence-electron chi connectivity index (χ1n) is 5.57. The molecule has 1 aromatic heterocycles.